The molecule has 4 heteroatoms. The summed E-state index contributed by atoms with van der Waals surface area (Å²) in [6.45, 7) is 0.687. The fraction of sp³-hybridized carbons (Fsp3) is 0.562. The number of nitrogens with two attached hydrogens (primary N) is 1. The average molecular weight is 275 g/mol. The smallest absolute Gasteiger partial charge is 0.315 e. The molecule has 110 valence electrons. The first-order chi connectivity index (χ1) is 9.75. The first kappa shape index (κ1) is 14.7. The van der Waals surface area contributed by atoms with Crippen molar-refractivity contribution in [3.63, 3.8) is 0 Å². The third-order valence-electron chi connectivity index (χ3n) is 3.90. The lowest BCUT2D eigenvalue weighted by atomic mass is 9.96. The number of benzene rings is 1. The van der Waals surface area contributed by atoms with E-state index in [0.29, 0.717) is 12.6 Å². The van der Waals surface area contributed by atoms with Crippen molar-refractivity contribution in [3.8, 4) is 0 Å². The second kappa shape index (κ2) is 7.78. The van der Waals surface area contributed by atoms with E-state index in [1.807, 2.05) is 24.3 Å². The van der Waals surface area contributed by atoms with Crippen molar-refractivity contribution in [2.75, 3.05) is 12.3 Å². The molecule has 1 saturated carbocycles. The molecule has 1 aromatic carbocycles. The van der Waals surface area contributed by atoms with Gasteiger partial charge in [0.15, 0.2) is 0 Å². The van der Waals surface area contributed by atoms with Crippen LogP contribution >= 0.6 is 0 Å². The van der Waals surface area contributed by atoms with Crippen LogP contribution in [0.5, 0.6) is 0 Å². The maximum atomic E-state index is 11.7. The van der Waals surface area contributed by atoms with Crippen molar-refractivity contribution in [2.45, 2.75) is 51.0 Å². The molecule has 0 atom stereocenters. The molecule has 0 saturated heterocycles. The zero-order valence-electron chi connectivity index (χ0n) is 12.0. The van der Waals surface area contributed by atoms with E-state index in [2.05, 4.69) is 10.6 Å². The molecule has 1 fully saturated rings. The van der Waals surface area contributed by atoms with Gasteiger partial charge in [-0.05, 0) is 37.3 Å². The summed E-state index contributed by atoms with van der Waals surface area (Å²) in [7, 11) is 0. The van der Waals surface area contributed by atoms with Crippen LogP contribution in [0.4, 0.5) is 10.5 Å². The fourth-order valence-corrected chi connectivity index (χ4v) is 2.73. The Morgan fingerprint density at radius 2 is 1.95 bits per heavy atom. The third-order valence-corrected chi connectivity index (χ3v) is 3.90. The molecule has 1 aliphatic carbocycles. The van der Waals surface area contributed by atoms with Gasteiger partial charge in [-0.15, -0.1) is 0 Å². The number of nitrogens with one attached hydrogen (secondary N) is 2. The highest BCUT2D eigenvalue weighted by molar-refractivity contribution is 5.74. The summed E-state index contributed by atoms with van der Waals surface area (Å²) in [6.07, 6.45) is 7.82. The van der Waals surface area contributed by atoms with Crippen LogP contribution in [0.25, 0.3) is 0 Å². The van der Waals surface area contributed by atoms with Crippen molar-refractivity contribution >= 4 is 11.7 Å². The summed E-state index contributed by atoms with van der Waals surface area (Å²) in [5, 5.41) is 5.98. The maximum Gasteiger partial charge on any atom is 0.315 e. The zero-order valence-corrected chi connectivity index (χ0v) is 12.0. The number of rotatable bonds is 5. The molecule has 0 unspecified atom stereocenters. The molecule has 4 nitrogen and oxygen atoms in total. The van der Waals surface area contributed by atoms with Crippen molar-refractivity contribution in [2.24, 2.45) is 0 Å². The van der Waals surface area contributed by atoms with E-state index < -0.39 is 0 Å². The maximum absolute atomic E-state index is 11.7. The first-order valence-electron chi connectivity index (χ1n) is 7.63. The Morgan fingerprint density at radius 3 is 2.70 bits per heavy atom. The monoisotopic (exact) mass is 275 g/mol. The van der Waals surface area contributed by atoms with Gasteiger partial charge in [0.25, 0.3) is 0 Å². The summed E-state index contributed by atoms with van der Waals surface area (Å²) in [4.78, 5) is 11.7. The molecule has 2 rings (SSSR count). The van der Waals surface area contributed by atoms with Crippen molar-refractivity contribution in [3.05, 3.63) is 29.8 Å². The Labute approximate surface area is 121 Å². The SMILES string of the molecule is Nc1ccccc1CCCNC(=O)NC1CCCCC1. The molecular formula is C16H25N3O. The number of nitrogen functional groups attached to an aromatic ring is 1. The predicted octanol–water partition coefficient (Wildman–Crippen LogP) is 2.83. The molecule has 0 heterocycles. The Kier molecular flexibility index (Phi) is 5.71. The number of aryl methyl sites for hydroxylation is 1. The predicted molar refractivity (Wildman–Crippen MR) is 82.6 cm³/mol. The summed E-state index contributed by atoms with van der Waals surface area (Å²) in [5.74, 6) is 0. The standard InChI is InChI=1S/C16H25N3O/c17-15-11-5-4-7-13(15)8-6-12-18-16(20)19-14-9-2-1-3-10-14/h4-5,7,11,14H,1-3,6,8-10,12,17H2,(H2,18,19,20). The van der Waals surface area contributed by atoms with Gasteiger partial charge in [-0.2, -0.15) is 0 Å². The van der Waals surface area contributed by atoms with Gasteiger partial charge in [-0.1, -0.05) is 37.5 Å². The van der Waals surface area contributed by atoms with Gasteiger partial charge in [0, 0.05) is 18.3 Å². The fourth-order valence-electron chi connectivity index (χ4n) is 2.73. The molecule has 0 bridgehead atoms. The minimum absolute atomic E-state index is 0.0297. The number of carbonyl (C=O) groups excluding carboxylic acids is 1. The number of amides is 2. The molecule has 0 radical (unpaired) electrons. The van der Waals surface area contributed by atoms with Crippen molar-refractivity contribution in [1.29, 1.82) is 0 Å². The molecular weight excluding hydrogens is 250 g/mol. The number of para-hydroxylation sites is 1. The average Bonchev–Trinajstić information content (AvgIpc) is 2.46. The molecule has 1 aliphatic rings. The summed E-state index contributed by atoms with van der Waals surface area (Å²) >= 11 is 0. The highest BCUT2D eigenvalue weighted by Gasteiger charge is 2.14. The van der Waals surface area contributed by atoms with Crippen molar-refractivity contribution in [1.82, 2.24) is 10.6 Å². The van der Waals surface area contributed by atoms with E-state index >= 15 is 0 Å². The molecule has 1 aromatic rings. The van der Waals surface area contributed by atoms with Crippen LogP contribution in [0.1, 0.15) is 44.1 Å². The highest BCUT2D eigenvalue weighted by atomic mass is 16.2. The Bertz CT molecular complexity index is 427. The number of urea groups is 1. The van der Waals surface area contributed by atoms with Gasteiger partial charge in [0.2, 0.25) is 0 Å². The minimum Gasteiger partial charge on any atom is -0.399 e. The van der Waals surface area contributed by atoms with Crippen LogP contribution in [-0.4, -0.2) is 18.6 Å². The van der Waals surface area contributed by atoms with Gasteiger partial charge in [-0.25, -0.2) is 4.79 Å². The molecule has 4 N–H and O–H groups in total. The number of anilines is 1. The van der Waals surface area contributed by atoms with Crippen LogP contribution in [-0.2, 0) is 6.42 Å². The Hall–Kier alpha value is -1.71. The van der Waals surface area contributed by atoms with Crippen molar-refractivity contribution < 1.29 is 4.79 Å². The molecule has 0 aromatic heterocycles. The zero-order chi connectivity index (χ0) is 14.2. The van der Waals surface area contributed by atoms with E-state index in [1.165, 1.54) is 19.3 Å². The van der Waals surface area contributed by atoms with Gasteiger partial charge < -0.3 is 16.4 Å². The van der Waals surface area contributed by atoms with Crippen LogP contribution in [0.3, 0.4) is 0 Å². The summed E-state index contributed by atoms with van der Waals surface area (Å²) in [6, 6.07) is 8.23. The number of hydrogen-bond donors (Lipinski definition) is 3. The lowest BCUT2D eigenvalue weighted by molar-refractivity contribution is 0.232. The molecule has 20 heavy (non-hydrogen) atoms. The third kappa shape index (κ3) is 4.76. The Balaban J connectivity index is 1.60. The van der Waals surface area contributed by atoms with Crippen LogP contribution in [0.2, 0.25) is 0 Å². The van der Waals surface area contributed by atoms with Gasteiger partial charge >= 0.3 is 6.03 Å². The van der Waals surface area contributed by atoms with E-state index in [9.17, 15) is 4.79 Å². The van der Waals surface area contributed by atoms with Gasteiger partial charge in [-0.3, -0.25) is 0 Å². The summed E-state index contributed by atoms with van der Waals surface area (Å²) in [5.41, 5.74) is 7.87. The van der Waals surface area contributed by atoms with E-state index in [-0.39, 0.29) is 6.03 Å². The Morgan fingerprint density at radius 1 is 1.20 bits per heavy atom. The minimum atomic E-state index is -0.0297. The van der Waals surface area contributed by atoms with Gasteiger partial charge in [0.05, 0.1) is 0 Å². The quantitative estimate of drug-likeness (QED) is 0.571. The van der Waals surface area contributed by atoms with Crippen LogP contribution < -0.4 is 16.4 Å². The summed E-state index contributed by atoms with van der Waals surface area (Å²) < 4.78 is 0. The molecule has 0 spiro atoms. The van der Waals surface area contributed by atoms with Crippen LogP contribution in [0.15, 0.2) is 24.3 Å². The molecule has 0 aliphatic heterocycles. The molecule has 2 amide bonds. The van der Waals surface area contributed by atoms with E-state index in [0.717, 1.165) is 36.9 Å². The first-order valence-corrected chi connectivity index (χ1v) is 7.63. The van der Waals surface area contributed by atoms with E-state index in [4.69, 9.17) is 5.73 Å². The largest absolute Gasteiger partial charge is 0.399 e. The number of carbonyl (C=O) groups is 1. The number of hydrogen-bond acceptors (Lipinski definition) is 2. The second-order valence-electron chi connectivity index (χ2n) is 5.54. The van der Waals surface area contributed by atoms with Gasteiger partial charge in [0.1, 0.15) is 0 Å². The lowest BCUT2D eigenvalue weighted by Gasteiger charge is -2.22. The van der Waals surface area contributed by atoms with E-state index in [1.54, 1.807) is 0 Å². The normalized spacial score (nSPS) is 15.8. The van der Waals surface area contributed by atoms with Crippen LogP contribution in [0, 0.1) is 0 Å². The second-order valence-corrected chi connectivity index (χ2v) is 5.54. The highest BCUT2D eigenvalue weighted by Crippen LogP contribution is 2.17. The topological polar surface area (TPSA) is 67.1 Å². The lowest BCUT2D eigenvalue weighted by Crippen LogP contribution is -2.43.